The summed E-state index contributed by atoms with van der Waals surface area (Å²) in [6.45, 7) is 1.13. The second-order valence-electron chi connectivity index (χ2n) is 4.68. The normalized spacial score (nSPS) is 24.1. The Labute approximate surface area is 109 Å². The standard InChI is InChI=1S/C12H17F3N2S/c13-12(14,15)10-2-1-4-17(7-10)11(6-16)9-3-5-18-8-9/h3,5,8,10-11H,1-2,4,6-7,16H2. The van der Waals surface area contributed by atoms with Crippen LogP contribution in [-0.4, -0.2) is 30.7 Å². The highest BCUT2D eigenvalue weighted by Gasteiger charge is 2.42. The van der Waals surface area contributed by atoms with E-state index in [0.29, 0.717) is 19.5 Å². The van der Waals surface area contributed by atoms with Crippen LogP contribution in [0.25, 0.3) is 0 Å². The van der Waals surface area contributed by atoms with Crippen molar-refractivity contribution in [3.8, 4) is 0 Å². The molecule has 1 aromatic rings. The fourth-order valence-electron chi connectivity index (χ4n) is 2.52. The lowest BCUT2D eigenvalue weighted by Crippen LogP contribution is -2.45. The summed E-state index contributed by atoms with van der Waals surface area (Å²) in [5.74, 6) is -1.21. The summed E-state index contributed by atoms with van der Waals surface area (Å²) in [4.78, 5) is 1.88. The van der Waals surface area contributed by atoms with Crippen molar-refractivity contribution in [2.45, 2.75) is 25.1 Å². The lowest BCUT2D eigenvalue weighted by Gasteiger charge is -2.38. The molecule has 6 heteroatoms. The maximum Gasteiger partial charge on any atom is 0.393 e. The summed E-state index contributed by atoms with van der Waals surface area (Å²) in [5, 5.41) is 3.90. The minimum Gasteiger partial charge on any atom is -0.329 e. The highest BCUT2D eigenvalue weighted by atomic mass is 32.1. The summed E-state index contributed by atoms with van der Waals surface area (Å²) < 4.78 is 38.3. The van der Waals surface area contributed by atoms with Crippen molar-refractivity contribution in [3.05, 3.63) is 22.4 Å². The zero-order valence-electron chi connectivity index (χ0n) is 9.99. The zero-order chi connectivity index (χ0) is 13.2. The number of piperidine rings is 1. The quantitative estimate of drug-likeness (QED) is 0.921. The predicted molar refractivity (Wildman–Crippen MR) is 66.5 cm³/mol. The lowest BCUT2D eigenvalue weighted by molar-refractivity contribution is -0.188. The molecule has 1 aliphatic heterocycles. The number of nitrogens with zero attached hydrogens (tertiary/aromatic N) is 1. The Morgan fingerprint density at radius 2 is 2.28 bits per heavy atom. The highest BCUT2D eigenvalue weighted by Crippen LogP contribution is 2.36. The summed E-state index contributed by atoms with van der Waals surface area (Å²) >= 11 is 1.55. The van der Waals surface area contributed by atoms with Gasteiger partial charge in [0.2, 0.25) is 0 Å². The first-order chi connectivity index (χ1) is 8.52. The molecule has 1 saturated heterocycles. The smallest absolute Gasteiger partial charge is 0.329 e. The minimum absolute atomic E-state index is 0.0706. The molecule has 0 saturated carbocycles. The van der Waals surface area contributed by atoms with Crippen LogP contribution in [0.2, 0.25) is 0 Å². The molecular formula is C12H17F3N2S. The Balaban J connectivity index is 2.08. The van der Waals surface area contributed by atoms with Gasteiger partial charge in [-0.15, -0.1) is 0 Å². The van der Waals surface area contributed by atoms with Crippen molar-refractivity contribution < 1.29 is 13.2 Å². The number of rotatable bonds is 3. The number of thiophene rings is 1. The molecule has 0 aliphatic carbocycles. The minimum atomic E-state index is -4.09. The van der Waals surface area contributed by atoms with Gasteiger partial charge in [0.05, 0.1) is 5.92 Å². The first kappa shape index (κ1) is 13.8. The third-order valence-electron chi connectivity index (χ3n) is 3.51. The van der Waals surface area contributed by atoms with E-state index in [1.165, 1.54) is 0 Å². The van der Waals surface area contributed by atoms with Crippen LogP contribution < -0.4 is 5.73 Å². The van der Waals surface area contributed by atoms with Gasteiger partial charge in [0.1, 0.15) is 0 Å². The number of hydrogen-bond acceptors (Lipinski definition) is 3. The maximum atomic E-state index is 12.8. The number of nitrogens with two attached hydrogens (primary N) is 1. The summed E-state index contributed by atoms with van der Waals surface area (Å²) in [5.41, 5.74) is 6.76. The van der Waals surface area contributed by atoms with Crippen LogP contribution in [0.3, 0.4) is 0 Å². The molecule has 102 valence electrons. The van der Waals surface area contributed by atoms with Crippen LogP contribution in [0.4, 0.5) is 13.2 Å². The van der Waals surface area contributed by atoms with E-state index in [9.17, 15) is 13.2 Å². The van der Waals surface area contributed by atoms with Gasteiger partial charge in [-0.25, -0.2) is 0 Å². The molecular weight excluding hydrogens is 261 g/mol. The first-order valence-electron chi connectivity index (χ1n) is 6.05. The van der Waals surface area contributed by atoms with E-state index >= 15 is 0 Å². The number of likely N-dealkylation sites (tertiary alicyclic amines) is 1. The second kappa shape index (κ2) is 5.59. The molecule has 0 aromatic carbocycles. The Kier molecular flexibility index (Phi) is 4.29. The van der Waals surface area contributed by atoms with Crippen LogP contribution in [0.1, 0.15) is 24.4 Å². The molecule has 2 N–H and O–H groups in total. The van der Waals surface area contributed by atoms with E-state index in [1.54, 1.807) is 11.3 Å². The monoisotopic (exact) mass is 278 g/mol. The average molecular weight is 278 g/mol. The number of hydrogen-bond donors (Lipinski definition) is 1. The number of alkyl halides is 3. The van der Waals surface area contributed by atoms with Gasteiger partial charge in [-0.2, -0.15) is 24.5 Å². The topological polar surface area (TPSA) is 29.3 Å². The van der Waals surface area contributed by atoms with Gasteiger partial charge in [-0.3, -0.25) is 4.90 Å². The van der Waals surface area contributed by atoms with Gasteiger partial charge >= 0.3 is 6.18 Å². The Morgan fingerprint density at radius 1 is 1.50 bits per heavy atom. The van der Waals surface area contributed by atoms with E-state index in [1.807, 2.05) is 21.7 Å². The molecule has 0 bridgehead atoms. The summed E-state index contributed by atoms with van der Waals surface area (Å²) in [6.07, 6.45) is -3.27. The van der Waals surface area contributed by atoms with Crippen LogP contribution in [-0.2, 0) is 0 Å². The largest absolute Gasteiger partial charge is 0.393 e. The maximum absolute atomic E-state index is 12.8. The fraction of sp³-hybridized carbons (Fsp3) is 0.667. The molecule has 0 spiro atoms. The molecule has 2 rings (SSSR count). The summed E-state index contributed by atoms with van der Waals surface area (Å²) in [6, 6.07) is 1.86. The molecule has 1 aromatic heterocycles. The van der Waals surface area contributed by atoms with Gasteiger partial charge in [0.25, 0.3) is 0 Å². The van der Waals surface area contributed by atoms with E-state index in [4.69, 9.17) is 5.73 Å². The predicted octanol–water partition coefficient (Wildman–Crippen LogP) is 3.02. The van der Waals surface area contributed by atoms with Gasteiger partial charge in [0, 0.05) is 19.1 Å². The third-order valence-corrected chi connectivity index (χ3v) is 4.21. The second-order valence-corrected chi connectivity index (χ2v) is 5.46. The molecule has 0 amide bonds. The molecule has 2 heterocycles. The van der Waals surface area contributed by atoms with Gasteiger partial charge in [-0.1, -0.05) is 0 Å². The van der Waals surface area contributed by atoms with Gasteiger partial charge in [0.15, 0.2) is 0 Å². The molecule has 2 unspecified atom stereocenters. The van der Waals surface area contributed by atoms with Crippen LogP contribution in [0, 0.1) is 5.92 Å². The van der Waals surface area contributed by atoms with Crippen LogP contribution >= 0.6 is 11.3 Å². The molecule has 1 aliphatic rings. The van der Waals surface area contributed by atoms with E-state index in [2.05, 4.69) is 0 Å². The van der Waals surface area contributed by atoms with Gasteiger partial charge in [-0.05, 0) is 41.8 Å². The van der Waals surface area contributed by atoms with Crippen molar-refractivity contribution in [2.75, 3.05) is 19.6 Å². The molecule has 0 radical (unpaired) electrons. The van der Waals surface area contributed by atoms with Crippen LogP contribution in [0.5, 0.6) is 0 Å². The SMILES string of the molecule is NCC(c1ccsc1)N1CCCC(C(F)(F)F)C1. The van der Waals surface area contributed by atoms with Gasteiger partial charge < -0.3 is 5.73 Å². The Bertz CT molecular complexity index is 364. The summed E-state index contributed by atoms with van der Waals surface area (Å²) in [7, 11) is 0. The van der Waals surface area contributed by atoms with Crippen molar-refractivity contribution in [1.82, 2.24) is 4.90 Å². The van der Waals surface area contributed by atoms with Crippen molar-refractivity contribution in [3.63, 3.8) is 0 Å². The lowest BCUT2D eigenvalue weighted by atomic mass is 9.95. The third kappa shape index (κ3) is 3.05. The molecule has 1 fully saturated rings. The van der Waals surface area contributed by atoms with E-state index in [0.717, 1.165) is 5.56 Å². The zero-order valence-corrected chi connectivity index (χ0v) is 10.8. The van der Waals surface area contributed by atoms with Crippen molar-refractivity contribution in [2.24, 2.45) is 11.7 Å². The van der Waals surface area contributed by atoms with E-state index < -0.39 is 12.1 Å². The Hall–Kier alpha value is -0.590. The fourth-order valence-corrected chi connectivity index (χ4v) is 3.22. The van der Waals surface area contributed by atoms with Crippen LogP contribution in [0.15, 0.2) is 16.8 Å². The molecule has 2 atom stereocenters. The van der Waals surface area contributed by atoms with E-state index in [-0.39, 0.29) is 19.0 Å². The highest BCUT2D eigenvalue weighted by molar-refractivity contribution is 7.07. The Morgan fingerprint density at radius 3 is 2.83 bits per heavy atom. The average Bonchev–Trinajstić information content (AvgIpc) is 2.83. The first-order valence-corrected chi connectivity index (χ1v) is 6.99. The molecule has 2 nitrogen and oxygen atoms in total. The van der Waals surface area contributed by atoms with Crippen molar-refractivity contribution in [1.29, 1.82) is 0 Å². The molecule has 18 heavy (non-hydrogen) atoms. The van der Waals surface area contributed by atoms with Crippen molar-refractivity contribution >= 4 is 11.3 Å². The number of halogens is 3.